The van der Waals surface area contributed by atoms with Crippen LogP contribution in [-0.4, -0.2) is 36.4 Å². The Bertz CT molecular complexity index is 1140. The van der Waals surface area contributed by atoms with E-state index in [1.165, 1.54) is 6.26 Å². The van der Waals surface area contributed by atoms with Gasteiger partial charge >= 0.3 is 0 Å². The Morgan fingerprint density at radius 2 is 1.88 bits per heavy atom. The molecule has 0 aliphatic carbocycles. The molecule has 0 saturated heterocycles. The molecule has 0 fully saturated rings. The molecule has 33 heavy (non-hydrogen) atoms. The molecular formula is C24H25N3O5S. The molecule has 8 nitrogen and oxygen atoms in total. The number of furan rings is 1. The summed E-state index contributed by atoms with van der Waals surface area (Å²) in [6.45, 7) is 4.12. The topological polar surface area (TPSA) is 101 Å². The Hall–Kier alpha value is -3.59. The molecule has 0 bridgehead atoms. The van der Waals surface area contributed by atoms with Crippen molar-refractivity contribution in [3.63, 3.8) is 0 Å². The fourth-order valence-electron chi connectivity index (χ4n) is 3.58. The van der Waals surface area contributed by atoms with Gasteiger partial charge in [-0.1, -0.05) is 26.0 Å². The Morgan fingerprint density at radius 1 is 1.09 bits per heavy atom. The highest BCUT2D eigenvalue weighted by Crippen LogP contribution is 2.35. The van der Waals surface area contributed by atoms with Gasteiger partial charge in [0.25, 0.3) is 17.7 Å². The van der Waals surface area contributed by atoms with Gasteiger partial charge in [0.2, 0.25) is 0 Å². The molecule has 0 saturated carbocycles. The summed E-state index contributed by atoms with van der Waals surface area (Å²) in [4.78, 5) is 40.5. The monoisotopic (exact) mass is 467 g/mol. The second-order valence-electron chi connectivity index (χ2n) is 7.61. The van der Waals surface area contributed by atoms with Crippen LogP contribution in [0.25, 0.3) is 0 Å². The first kappa shape index (κ1) is 22.6. The van der Waals surface area contributed by atoms with Crippen LogP contribution in [0.5, 0.6) is 5.75 Å². The average molecular weight is 468 g/mol. The third kappa shape index (κ3) is 4.93. The van der Waals surface area contributed by atoms with E-state index in [2.05, 4.69) is 10.6 Å². The average Bonchev–Trinajstić information content (AvgIpc) is 3.54. The van der Waals surface area contributed by atoms with Crippen LogP contribution >= 0.6 is 11.3 Å². The Balaban J connectivity index is 1.53. The van der Waals surface area contributed by atoms with E-state index in [4.69, 9.17) is 9.15 Å². The van der Waals surface area contributed by atoms with Crippen LogP contribution in [0.1, 0.15) is 46.9 Å². The first-order valence-electron chi connectivity index (χ1n) is 10.8. The number of hydrogen-bond donors (Lipinski definition) is 2. The molecule has 172 valence electrons. The van der Waals surface area contributed by atoms with Gasteiger partial charge in [-0.05, 0) is 49.2 Å². The summed E-state index contributed by atoms with van der Waals surface area (Å²) in [5, 5.41) is 6.25. The number of thiophene rings is 1. The lowest BCUT2D eigenvalue weighted by molar-refractivity contribution is -0.128. The largest absolute Gasteiger partial charge is 0.477 e. The molecule has 1 aliphatic rings. The SMILES string of the molecule is CCC(CC)NC(=O)C1CN(C(=O)c2ccc(NC(=O)c3ccco3)s2)c2ccccc2O1. The summed E-state index contributed by atoms with van der Waals surface area (Å²) < 4.78 is 11.0. The molecular weight excluding hydrogens is 442 g/mol. The molecule has 2 N–H and O–H groups in total. The number of rotatable bonds is 7. The molecule has 0 spiro atoms. The Morgan fingerprint density at radius 3 is 2.61 bits per heavy atom. The third-order valence-corrected chi connectivity index (χ3v) is 6.43. The van der Waals surface area contributed by atoms with Gasteiger partial charge in [0.15, 0.2) is 11.9 Å². The van der Waals surface area contributed by atoms with E-state index in [0.29, 0.717) is 21.3 Å². The lowest BCUT2D eigenvalue weighted by atomic mass is 10.1. The van der Waals surface area contributed by atoms with Crippen molar-refractivity contribution in [3.05, 3.63) is 65.4 Å². The highest BCUT2D eigenvalue weighted by atomic mass is 32.1. The lowest BCUT2D eigenvalue weighted by Crippen LogP contribution is -2.52. The van der Waals surface area contributed by atoms with Gasteiger partial charge in [-0.2, -0.15) is 0 Å². The summed E-state index contributed by atoms with van der Waals surface area (Å²) in [5.41, 5.74) is 0.601. The Kier molecular flexibility index (Phi) is 6.79. The predicted octanol–water partition coefficient (Wildman–Crippen LogP) is 4.31. The molecule has 1 atom stereocenters. The normalized spacial score (nSPS) is 15.0. The molecule has 2 aromatic heterocycles. The number of amides is 3. The summed E-state index contributed by atoms with van der Waals surface area (Å²) in [6, 6.07) is 13.7. The molecule has 1 aliphatic heterocycles. The summed E-state index contributed by atoms with van der Waals surface area (Å²) in [7, 11) is 0. The first-order chi connectivity index (χ1) is 16.0. The molecule has 1 unspecified atom stereocenters. The maximum atomic E-state index is 13.4. The zero-order valence-corrected chi connectivity index (χ0v) is 19.2. The van der Waals surface area contributed by atoms with Crippen molar-refractivity contribution in [1.29, 1.82) is 0 Å². The standard InChI is InChI=1S/C24H25N3O5S/c1-3-15(4-2)25-23(29)19-14-27(16-8-5-6-9-17(16)32-19)24(30)20-11-12-21(33-20)26-22(28)18-10-7-13-31-18/h5-13,15,19H,3-4,14H2,1-2H3,(H,25,29)(H,26,28). The van der Waals surface area contributed by atoms with E-state index < -0.39 is 12.0 Å². The highest BCUT2D eigenvalue weighted by molar-refractivity contribution is 7.18. The van der Waals surface area contributed by atoms with E-state index in [1.807, 2.05) is 19.9 Å². The number of fused-ring (bicyclic) bond motifs is 1. The van der Waals surface area contributed by atoms with Crippen molar-refractivity contribution in [2.24, 2.45) is 0 Å². The number of carbonyl (C=O) groups is 3. The second-order valence-corrected chi connectivity index (χ2v) is 8.69. The van der Waals surface area contributed by atoms with E-state index in [1.54, 1.807) is 47.4 Å². The molecule has 0 radical (unpaired) electrons. The maximum Gasteiger partial charge on any atom is 0.291 e. The van der Waals surface area contributed by atoms with Gasteiger partial charge in [0, 0.05) is 6.04 Å². The van der Waals surface area contributed by atoms with Crippen molar-refractivity contribution in [2.45, 2.75) is 38.8 Å². The van der Waals surface area contributed by atoms with Crippen molar-refractivity contribution in [3.8, 4) is 5.75 Å². The minimum Gasteiger partial charge on any atom is -0.477 e. The van der Waals surface area contributed by atoms with Crippen LogP contribution in [0, 0.1) is 0 Å². The number of carbonyl (C=O) groups excluding carboxylic acids is 3. The Labute approximate surface area is 195 Å². The number of anilines is 2. The fourth-order valence-corrected chi connectivity index (χ4v) is 4.43. The van der Waals surface area contributed by atoms with E-state index in [9.17, 15) is 14.4 Å². The van der Waals surface area contributed by atoms with Crippen LogP contribution < -0.4 is 20.3 Å². The lowest BCUT2D eigenvalue weighted by Gasteiger charge is -2.34. The van der Waals surface area contributed by atoms with Crippen LogP contribution in [0.3, 0.4) is 0 Å². The molecule has 3 heterocycles. The summed E-state index contributed by atoms with van der Waals surface area (Å²) in [5.74, 6) is -0.242. The third-order valence-electron chi connectivity index (χ3n) is 5.44. The molecule has 3 amide bonds. The molecule has 3 aromatic rings. The zero-order valence-electron chi connectivity index (χ0n) is 18.4. The summed E-state index contributed by atoms with van der Waals surface area (Å²) in [6.07, 6.45) is 2.23. The van der Waals surface area contributed by atoms with Gasteiger partial charge < -0.3 is 19.8 Å². The molecule has 1 aromatic carbocycles. The summed E-state index contributed by atoms with van der Waals surface area (Å²) >= 11 is 1.16. The number of para-hydroxylation sites is 2. The number of benzene rings is 1. The van der Waals surface area contributed by atoms with Crippen LogP contribution in [0.2, 0.25) is 0 Å². The fraction of sp³-hybridized carbons (Fsp3) is 0.292. The zero-order chi connectivity index (χ0) is 23.4. The number of nitrogens with one attached hydrogen (secondary N) is 2. The first-order valence-corrected chi connectivity index (χ1v) is 11.6. The van der Waals surface area contributed by atoms with Gasteiger partial charge in [-0.15, -0.1) is 11.3 Å². The van der Waals surface area contributed by atoms with Crippen molar-refractivity contribution >= 4 is 39.7 Å². The van der Waals surface area contributed by atoms with Gasteiger partial charge in [-0.25, -0.2) is 0 Å². The van der Waals surface area contributed by atoms with Crippen LogP contribution in [0.4, 0.5) is 10.7 Å². The van der Waals surface area contributed by atoms with Crippen molar-refractivity contribution < 1.29 is 23.5 Å². The van der Waals surface area contributed by atoms with E-state index in [0.717, 1.165) is 24.2 Å². The number of nitrogens with zero attached hydrogens (tertiary/aromatic N) is 1. The van der Waals surface area contributed by atoms with E-state index in [-0.39, 0.29) is 30.2 Å². The predicted molar refractivity (Wildman–Crippen MR) is 126 cm³/mol. The van der Waals surface area contributed by atoms with Crippen molar-refractivity contribution in [2.75, 3.05) is 16.8 Å². The molecule has 9 heteroatoms. The number of ether oxygens (including phenoxy) is 1. The van der Waals surface area contributed by atoms with Gasteiger partial charge in [0.1, 0.15) is 5.75 Å². The second kappa shape index (κ2) is 9.91. The maximum absolute atomic E-state index is 13.4. The number of hydrogen-bond acceptors (Lipinski definition) is 6. The van der Waals surface area contributed by atoms with Crippen LogP contribution in [0.15, 0.2) is 59.2 Å². The van der Waals surface area contributed by atoms with Crippen molar-refractivity contribution in [1.82, 2.24) is 5.32 Å². The minimum atomic E-state index is -0.817. The minimum absolute atomic E-state index is 0.0556. The highest BCUT2D eigenvalue weighted by Gasteiger charge is 2.35. The van der Waals surface area contributed by atoms with Gasteiger partial charge in [-0.3, -0.25) is 19.3 Å². The van der Waals surface area contributed by atoms with Crippen LogP contribution in [-0.2, 0) is 4.79 Å². The van der Waals surface area contributed by atoms with E-state index >= 15 is 0 Å². The smallest absolute Gasteiger partial charge is 0.291 e. The van der Waals surface area contributed by atoms with Gasteiger partial charge in [0.05, 0.1) is 28.4 Å². The molecule has 4 rings (SSSR count). The quantitative estimate of drug-likeness (QED) is 0.539.